The molecule has 2 N–H and O–H groups in total. The van der Waals surface area contributed by atoms with E-state index in [0.717, 1.165) is 22.4 Å². The summed E-state index contributed by atoms with van der Waals surface area (Å²) < 4.78 is 5.14. The normalized spacial score (nSPS) is 11.2. The van der Waals surface area contributed by atoms with Gasteiger partial charge in [0.2, 0.25) is 0 Å². The molecule has 0 atom stereocenters. The fourth-order valence-electron chi connectivity index (χ4n) is 2.19. The van der Waals surface area contributed by atoms with Gasteiger partial charge in [0.15, 0.2) is 0 Å². The lowest BCUT2D eigenvalue weighted by molar-refractivity contribution is 0.415. The van der Waals surface area contributed by atoms with Crippen LogP contribution in [0, 0.1) is 0 Å². The summed E-state index contributed by atoms with van der Waals surface area (Å²) in [6.45, 7) is 4.17. The standard InChI is InChI=1S/C18H21BO3/c1-13(2)16-10-15(11-17(12-16)19(20)21)5-4-14-6-8-18(22-3)9-7-14/h4-13,20-21H,1-3H3/b5-4+. The molecule has 0 bridgehead atoms. The van der Waals surface area contributed by atoms with Crippen molar-refractivity contribution >= 4 is 24.7 Å². The average molecular weight is 296 g/mol. The fraction of sp³-hybridized carbons (Fsp3) is 0.222. The summed E-state index contributed by atoms with van der Waals surface area (Å²) in [5.74, 6) is 1.15. The van der Waals surface area contributed by atoms with Crippen LogP contribution < -0.4 is 10.2 Å². The Kier molecular flexibility index (Phi) is 5.42. The number of methoxy groups -OCH3 is 1. The highest BCUT2D eigenvalue weighted by molar-refractivity contribution is 6.58. The highest BCUT2D eigenvalue weighted by Crippen LogP contribution is 2.18. The SMILES string of the molecule is COc1ccc(/C=C/c2cc(B(O)O)cc(C(C)C)c2)cc1. The summed E-state index contributed by atoms with van der Waals surface area (Å²) in [4.78, 5) is 0. The molecule has 0 radical (unpaired) electrons. The topological polar surface area (TPSA) is 49.7 Å². The first-order chi connectivity index (χ1) is 10.5. The van der Waals surface area contributed by atoms with Gasteiger partial charge in [-0.2, -0.15) is 0 Å². The molecule has 0 aliphatic heterocycles. The minimum absolute atomic E-state index is 0.326. The van der Waals surface area contributed by atoms with Gasteiger partial charge in [-0.05, 0) is 40.2 Å². The Morgan fingerprint density at radius 3 is 2.14 bits per heavy atom. The molecule has 0 spiro atoms. The summed E-state index contributed by atoms with van der Waals surface area (Å²) in [5.41, 5.74) is 3.60. The van der Waals surface area contributed by atoms with Crippen molar-refractivity contribution in [1.29, 1.82) is 0 Å². The van der Waals surface area contributed by atoms with Crippen molar-refractivity contribution in [3.63, 3.8) is 0 Å². The predicted octanol–water partition coefficient (Wildman–Crippen LogP) is 2.67. The number of rotatable bonds is 5. The lowest BCUT2D eigenvalue weighted by Crippen LogP contribution is -2.30. The van der Waals surface area contributed by atoms with Crippen molar-refractivity contribution in [1.82, 2.24) is 0 Å². The molecular formula is C18H21BO3. The van der Waals surface area contributed by atoms with Gasteiger partial charge in [0.05, 0.1) is 7.11 Å². The molecule has 0 unspecified atom stereocenters. The molecular weight excluding hydrogens is 275 g/mol. The van der Waals surface area contributed by atoms with Crippen LogP contribution in [0.4, 0.5) is 0 Å². The molecule has 0 heterocycles. The Labute approximate surface area is 132 Å². The van der Waals surface area contributed by atoms with Crippen molar-refractivity contribution in [2.75, 3.05) is 7.11 Å². The van der Waals surface area contributed by atoms with Gasteiger partial charge >= 0.3 is 7.12 Å². The first-order valence-electron chi connectivity index (χ1n) is 7.32. The zero-order valence-electron chi connectivity index (χ0n) is 13.2. The van der Waals surface area contributed by atoms with Crippen LogP contribution in [0.25, 0.3) is 12.2 Å². The first kappa shape index (κ1) is 16.3. The fourth-order valence-corrected chi connectivity index (χ4v) is 2.19. The number of ether oxygens (including phenoxy) is 1. The van der Waals surface area contributed by atoms with Crippen molar-refractivity contribution in [2.24, 2.45) is 0 Å². The highest BCUT2D eigenvalue weighted by Gasteiger charge is 2.13. The summed E-state index contributed by atoms with van der Waals surface area (Å²) >= 11 is 0. The molecule has 0 amide bonds. The van der Waals surface area contributed by atoms with E-state index in [1.54, 1.807) is 13.2 Å². The quantitative estimate of drug-likeness (QED) is 0.659. The van der Waals surface area contributed by atoms with E-state index in [1.807, 2.05) is 42.5 Å². The first-order valence-corrected chi connectivity index (χ1v) is 7.32. The lowest BCUT2D eigenvalue weighted by atomic mass is 9.77. The number of hydrogen-bond donors (Lipinski definition) is 2. The lowest BCUT2D eigenvalue weighted by Gasteiger charge is -2.10. The summed E-state index contributed by atoms with van der Waals surface area (Å²) in [6.07, 6.45) is 3.96. The van der Waals surface area contributed by atoms with Crippen LogP contribution >= 0.6 is 0 Å². The van der Waals surface area contributed by atoms with E-state index in [0.29, 0.717) is 11.4 Å². The molecule has 0 aliphatic rings. The minimum atomic E-state index is -1.45. The van der Waals surface area contributed by atoms with Crippen LogP contribution in [-0.4, -0.2) is 24.3 Å². The van der Waals surface area contributed by atoms with Gasteiger partial charge in [0, 0.05) is 0 Å². The van der Waals surface area contributed by atoms with Gasteiger partial charge < -0.3 is 14.8 Å². The molecule has 0 saturated carbocycles. The largest absolute Gasteiger partial charge is 0.497 e. The Morgan fingerprint density at radius 1 is 0.955 bits per heavy atom. The van der Waals surface area contributed by atoms with Gasteiger partial charge in [-0.1, -0.05) is 56.3 Å². The second-order valence-electron chi connectivity index (χ2n) is 5.57. The average Bonchev–Trinajstić information content (AvgIpc) is 2.53. The van der Waals surface area contributed by atoms with Gasteiger partial charge in [0.25, 0.3) is 0 Å². The zero-order chi connectivity index (χ0) is 16.1. The second-order valence-corrected chi connectivity index (χ2v) is 5.57. The van der Waals surface area contributed by atoms with Gasteiger partial charge in [-0.3, -0.25) is 0 Å². The highest BCUT2D eigenvalue weighted by atomic mass is 16.5. The molecule has 3 nitrogen and oxygen atoms in total. The molecule has 2 aromatic rings. The number of hydrogen-bond acceptors (Lipinski definition) is 3. The molecule has 0 aromatic heterocycles. The maximum Gasteiger partial charge on any atom is 0.488 e. The van der Waals surface area contributed by atoms with Crippen LogP contribution in [0.5, 0.6) is 5.75 Å². The Bertz CT molecular complexity index is 620. The van der Waals surface area contributed by atoms with E-state index in [1.165, 1.54) is 0 Å². The predicted molar refractivity (Wildman–Crippen MR) is 92.3 cm³/mol. The summed E-state index contributed by atoms with van der Waals surface area (Å²) in [5, 5.41) is 18.8. The van der Waals surface area contributed by atoms with Gasteiger partial charge in [0.1, 0.15) is 5.75 Å². The molecule has 0 aliphatic carbocycles. The maximum atomic E-state index is 9.41. The van der Waals surface area contributed by atoms with Crippen molar-refractivity contribution in [3.05, 3.63) is 59.2 Å². The van der Waals surface area contributed by atoms with Crippen molar-refractivity contribution in [2.45, 2.75) is 19.8 Å². The maximum absolute atomic E-state index is 9.41. The Balaban J connectivity index is 2.28. The Hall–Kier alpha value is -2.04. The molecule has 4 heteroatoms. The van der Waals surface area contributed by atoms with Crippen molar-refractivity contribution in [3.8, 4) is 5.75 Å². The van der Waals surface area contributed by atoms with E-state index < -0.39 is 7.12 Å². The van der Waals surface area contributed by atoms with Gasteiger partial charge in [-0.15, -0.1) is 0 Å². The third-order valence-corrected chi connectivity index (χ3v) is 3.55. The van der Waals surface area contributed by atoms with Crippen LogP contribution in [0.2, 0.25) is 0 Å². The third kappa shape index (κ3) is 4.23. The van der Waals surface area contributed by atoms with E-state index in [4.69, 9.17) is 4.74 Å². The molecule has 114 valence electrons. The molecule has 0 fully saturated rings. The van der Waals surface area contributed by atoms with Crippen LogP contribution in [0.15, 0.2) is 42.5 Å². The van der Waals surface area contributed by atoms with Crippen LogP contribution in [-0.2, 0) is 0 Å². The monoisotopic (exact) mass is 296 g/mol. The molecule has 2 aromatic carbocycles. The summed E-state index contributed by atoms with van der Waals surface area (Å²) in [6, 6.07) is 13.5. The van der Waals surface area contributed by atoms with E-state index >= 15 is 0 Å². The van der Waals surface area contributed by atoms with E-state index in [2.05, 4.69) is 19.9 Å². The van der Waals surface area contributed by atoms with E-state index in [-0.39, 0.29) is 0 Å². The minimum Gasteiger partial charge on any atom is -0.497 e. The van der Waals surface area contributed by atoms with Crippen LogP contribution in [0.3, 0.4) is 0 Å². The van der Waals surface area contributed by atoms with Gasteiger partial charge in [-0.25, -0.2) is 0 Å². The zero-order valence-corrected chi connectivity index (χ0v) is 13.2. The number of benzene rings is 2. The summed E-state index contributed by atoms with van der Waals surface area (Å²) in [7, 11) is 0.191. The Morgan fingerprint density at radius 2 is 1.59 bits per heavy atom. The van der Waals surface area contributed by atoms with Crippen molar-refractivity contribution < 1.29 is 14.8 Å². The molecule has 0 saturated heterocycles. The van der Waals surface area contributed by atoms with Crippen LogP contribution in [0.1, 0.15) is 36.5 Å². The molecule has 22 heavy (non-hydrogen) atoms. The smallest absolute Gasteiger partial charge is 0.488 e. The van der Waals surface area contributed by atoms with E-state index in [9.17, 15) is 10.0 Å². The second kappa shape index (κ2) is 7.30. The molecule has 2 rings (SSSR count). The third-order valence-electron chi connectivity index (χ3n) is 3.55.